The van der Waals surface area contributed by atoms with Crippen molar-refractivity contribution in [1.29, 1.82) is 0 Å². The summed E-state index contributed by atoms with van der Waals surface area (Å²) in [6.45, 7) is 0.906. The van der Waals surface area contributed by atoms with E-state index in [1.807, 2.05) is 6.07 Å². The lowest BCUT2D eigenvalue weighted by molar-refractivity contribution is 0.298. The molecule has 84 valence electrons. The normalized spacial score (nSPS) is 9.87. The van der Waals surface area contributed by atoms with E-state index >= 15 is 0 Å². The average molecular weight is 276 g/mol. The number of rotatable bonds is 5. The Bertz CT molecular complexity index is 331. The maximum atomic E-state index is 5.46. The summed E-state index contributed by atoms with van der Waals surface area (Å²) in [7, 11) is 3.18. The zero-order chi connectivity index (χ0) is 11.3. The average Bonchev–Trinajstić information content (AvgIpc) is 2.26. The van der Waals surface area contributed by atoms with Gasteiger partial charge in [0.15, 0.2) is 11.5 Å². The third-order valence-electron chi connectivity index (χ3n) is 1.80. The molecule has 15 heavy (non-hydrogen) atoms. The van der Waals surface area contributed by atoms with E-state index in [1.54, 1.807) is 20.3 Å². The van der Waals surface area contributed by atoms with Crippen LogP contribution in [0.3, 0.4) is 0 Å². The smallest absolute Gasteiger partial charge is 0.175 e. The molecule has 0 heterocycles. The Balaban J connectivity index is 3.01. The first kappa shape index (κ1) is 12.1. The van der Waals surface area contributed by atoms with E-state index in [2.05, 4.69) is 15.9 Å². The molecule has 4 nitrogen and oxygen atoms in total. The second-order valence-corrected chi connectivity index (χ2v) is 3.63. The number of ether oxygens (including phenoxy) is 3. The van der Waals surface area contributed by atoms with E-state index in [-0.39, 0.29) is 0 Å². The van der Waals surface area contributed by atoms with Crippen molar-refractivity contribution < 1.29 is 14.2 Å². The van der Waals surface area contributed by atoms with Gasteiger partial charge in [0, 0.05) is 12.6 Å². The molecule has 5 heteroatoms. The number of methoxy groups -OCH3 is 2. The van der Waals surface area contributed by atoms with E-state index in [0.717, 1.165) is 4.47 Å². The van der Waals surface area contributed by atoms with Crippen molar-refractivity contribution in [3.05, 3.63) is 16.6 Å². The van der Waals surface area contributed by atoms with E-state index in [1.165, 1.54) is 0 Å². The molecular weight excluding hydrogens is 262 g/mol. The Morgan fingerprint density at radius 3 is 2.53 bits per heavy atom. The molecule has 2 N–H and O–H groups in total. The number of halogens is 1. The summed E-state index contributed by atoms with van der Waals surface area (Å²) in [5.41, 5.74) is 5.37. The van der Waals surface area contributed by atoms with Crippen molar-refractivity contribution in [3.8, 4) is 17.2 Å². The molecule has 0 aromatic heterocycles. The van der Waals surface area contributed by atoms with Gasteiger partial charge in [-0.05, 0) is 22.0 Å². The van der Waals surface area contributed by atoms with Crippen LogP contribution in [0.2, 0.25) is 0 Å². The van der Waals surface area contributed by atoms with Crippen molar-refractivity contribution in [2.45, 2.75) is 0 Å². The van der Waals surface area contributed by atoms with Crippen molar-refractivity contribution in [2.24, 2.45) is 5.73 Å². The quantitative estimate of drug-likeness (QED) is 0.891. The van der Waals surface area contributed by atoms with Crippen LogP contribution in [0.15, 0.2) is 16.6 Å². The van der Waals surface area contributed by atoms with Gasteiger partial charge in [-0.15, -0.1) is 0 Å². The van der Waals surface area contributed by atoms with Crippen molar-refractivity contribution in [3.63, 3.8) is 0 Å². The van der Waals surface area contributed by atoms with Crippen LogP contribution < -0.4 is 19.9 Å². The number of nitrogens with two attached hydrogens (primary N) is 1. The van der Waals surface area contributed by atoms with Crippen LogP contribution in [-0.2, 0) is 0 Å². The van der Waals surface area contributed by atoms with E-state index in [0.29, 0.717) is 30.4 Å². The molecule has 0 amide bonds. The highest BCUT2D eigenvalue weighted by Gasteiger charge is 2.11. The van der Waals surface area contributed by atoms with Crippen molar-refractivity contribution in [1.82, 2.24) is 0 Å². The van der Waals surface area contributed by atoms with Gasteiger partial charge >= 0.3 is 0 Å². The molecule has 0 saturated heterocycles. The predicted molar refractivity (Wildman–Crippen MR) is 61.8 cm³/mol. The van der Waals surface area contributed by atoms with Crippen LogP contribution in [0.4, 0.5) is 0 Å². The SMILES string of the molecule is COc1cc(Br)c(OCCN)c(OC)c1. The molecule has 0 aliphatic heterocycles. The summed E-state index contributed by atoms with van der Waals surface area (Å²) in [5, 5.41) is 0. The maximum absolute atomic E-state index is 5.46. The van der Waals surface area contributed by atoms with Crippen LogP contribution in [0, 0.1) is 0 Å². The second kappa shape index (κ2) is 5.82. The molecule has 0 fully saturated rings. The lowest BCUT2D eigenvalue weighted by Crippen LogP contribution is -2.11. The third kappa shape index (κ3) is 3.00. The van der Waals surface area contributed by atoms with Crippen LogP contribution in [0.25, 0.3) is 0 Å². The van der Waals surface area contributed by atoms with Crippen LogP contribution >= 0.6 is 15.9 Å². The van der Waals surface area contributed by atoms with Gasteiger partial charge in [-0.25, -0.2) is 0 Å². The standard InChI is InChI=1S/C10H14BrNO3/c1-13-7-5-8(11)10(15-4-3-12)9(6-7)14-2/h5-6H,3-4,12H2,1-2H3. The molecule has 0 spiro atoms. The fourth-order valence-corrected chi connectivity index (χ4v) is 1.65. The van der Waals surface area contributed by atoms with Gasteiger partial charge in [0.05, 0.1) is 18.7 Å². The Labute approximate surface area is 97.4 Å². The fourth-order valence-electron chi connectivity index (χ4n) is 1.12. The van der Waals surface area contributed by atoms with Gasteiger partial charge in [0.1, 0.15) is 12.4 Å². The highest BCUT2D eigenvalue weighted by molar-refractivity contribution is 9.10. The molecule has 0 radical (unpaired) electrons. The molecule has 0 unspecified atom stereocenters. The first-order valence-corrected chi connectivity index (χ1v) is 5.26. The van der Waals surface area contributed by atoms with Gasteiger partial charge in [-0.3, -0.25) is 0 Å². The minimum atomic E-state index is 0.446. The zero-order valence-electron chi connectivity index (χ0n) is 8.75. The Hall–Kier alpha value is -0.940. The van der Waals surface area contributed by atoms with E-state index < -0.39 is 0 Å². The van der Waals surface area contributed by atoms with Gasteiger partial charge in [-0.1, -0.05) is 0 Å². The van der Waals surface area contributed by atoms with E-state index in [4.69, 9.17) is 19.9 Å². The summed E-state index contributed by atoms with van der Waals surface area (Å²) >= 11 is 3.38. The Morgan fingerprint density at radius 2 is 2.00 bits per heavy atom. The third-order valence-corrected chi connectivity index (χ3v) is 2.39. The first-order valence-electron chi connectivity index (χ1n) is 4.47. The summed E-state index contributed by atoms with van der Waals surface area (Å²) in [6.07, 6.45) is 0. The zero-order valence-corrected chi connectivity index (χ0v) is 10.3. The molecular formula is C10H14BrNO3. The summed E-state index contributed by atoms with van der Waals surface area (Å²) < 4.78 is 16.5. The van der Waals surface area contributed by atoms with Crippen molar-refractivity contribution in [2.75, 3.05) is 27.4 Å². The molecule has 0 aliphatic rings. The Kier molecular flexibility index (Phi) is 4.71. The van der Waals surface area contributed by atoms with Crippen LogP contribution in [0.1, 0.15) is 0 Å². The number of hydrogen-bond donors (Lipinski definition) is 1. The van der Waals surface area contributed by atoms with Gasteiger partial charge in [0.2, 0.25) is 0 Å². The van der Waals surface area contributed by atoms with Crippen LogP contribution in [0.5, 0.6) is 17.2 Å². The lowest BCUT2D eigenvalue weighted by atomic mass is 10.3. The van der Waals surface area contributed by atoms with Gasteiger partial charge < -0.3 is 19.9 Å². The monoisotopic (exact) mass is 275 g/mol. The lowest BCUT2D eigenvalue weighted by Gasteiger charge is -2.13. The second-order valence-electron chi connectivity index (χ2n) is 2.78. The molecule has 1 aromatic carbocycles. The first-order chi connectivity index (χ1) is 7.22. The van der Waals surface area contributed by atoms with Gasteiger partial charge in [0.25, 0.3) is 0 Å². The molecule has 0 aliphatic carbocycles. The van der Waals surface area contributed by atoms with Crippen molar-refractivity contribution >= 4 is 15.9 Å². The molecule has 0 saturated carbocycles. The minimum absolute atomic E-state index is 0.446. The van der Waals surface area contributed by atoms with Crippen LogP contribution in [-0.4, -0.2) is 27.4 Å². The topological polar surface area (TPSA) is 53.7 Å². The summed E-state index contributed by atoms with van der Waals surface area (Å²) in [4.78, 5) is 0. The van der Waals surface area contributed by atoms with E-state index in [9.17, 15) is 0 Å². The Morgan fingerprint density at radius 1 is 1.27 bits per heavy atom. The largest absolute Gasteiger partial charge is 0.497 e. The predicted octanol–water partition coefficient (Wildman–Crippen LogP) is 1.80. The summed E-state index contributed by atoms with van der Waals surface area (Å²) in [6, 6.07) is 3.57. The molecule has 1 aromatic rings. The summed E-state index contributed by atoms with van der Waals surface area (Å²) in [5.74, 6) is 1.97. The highest BCUT2D eigenvalue weighted by Crippen LogP contribution is 2.38. The molecule has 0 atom stereocenters. The fraction of sp³-hybridized carbons (Fsp3) is 0.400. The van der Waals surface area contributed by atoms with Gasteiger partial charge in [-0.2, -0.15) is 0 Å². The molecule has 0 bridgehead atoms. The molecule has 1 rings (SSSR count). The maximum Gasteiger partial charge on any atom is 0.175 e. The minimum Gasteiger partial charge on any atom is -0.497 e. The highest BCUT2D eigenvalue weighted by atomic mass is 79.9. The number of hydrogen-bond acceptors (Lipinski definition) is 4. The number of benzene rings is 1.